The zero-order valence-corrected chi connectivity index (χ0v) is 12.7. The third-order valence-corrected chi connectivity index (χ3v) is 4.61. The first-order chi connectivity index (χ1) is 9.61. The molecule has 0 unspecified atom stereocenters. The third kappa shape index (κ3) is 3.72. The standard InChI is InChI=1S/C15H27N3O2/c1-3-17-11-13(10-14(17)19)15(20)16-7-9-18-8-5-4-6-12(18)2/h12-13H,3-11H2,1-2H3,(H,16,20)/t12-,13-/m0/s1. The fourth-order valence-corrected chi connectivity index (χ4v) is 3.21. The van der Waals surface area contributed by atoms with Crippen LogP contribution in [0.3, 0.4) is 0 Å². The highest BCUT2D eigenvalue weighted by atomic mass is 16.2. The molecule has 5 heteroatoms. The summed E-state index contributed by atoms with van der Waals surface area (Å²) in [5, 5.41) is 3.00. The van der Waals surface area contributed by atoms with Gasteiger partial charge in [-0.05, 0) is 33.2 Å². The van der Waals surface area contributed by atoms with Crippen LogP contribution in [0.1, 0.15) is 39.5 Å². The van der Waals surface area contributed by atoms with Gasteiger partial charge in [-0.1, -0.05) is 6.42 Å². The van der Waals surface area contributed by atoms with Crippen molar-refractivity contribution >= 4 is 11.8 Å². The van der Waals surface area contributed by atoms with Crippen LogP contribution in [0.4, 0.5) is 0 Å². The Morgan fingerprint density at radius 1 is 1.40 bits per heavy atom. The Hall–Kier alpha value is -1.10. The van der Waals surface area contributed by atoms with E-state index in [0.29, 0.717) is 32.1 Å². The highest BCUT2D eigenvalue weighted by Crippen LogP contribution is 2.18. The highest BCUT2D eigenvalue weighted by molar-refractivity contribution is 5.89. The van der Waals surface area contributed by atoms with Crippen molar-refractivity contribution in [3.63, 3.8) is 0 Å². The van der Waals surface area contributed by atoms with Crippen LogP contribution < -0.4 is 5.32 Å². The molecule has 20 heavy (non-hydrogen) atoms. The molecule has 0 saturated carbocycles. The molecule has 1 N–H and O–H groups in total. The van der Waals surface area contributed by atoms with Crippen LogP contribution in [0.5, 0.6) is 0 Å². The van der Waals surface area contributed by atoms with Crippen LogP contribution in [0, 0.1) is 5.92 Å². The molecule has 0 aromatic rings. The van der Waals surface area contributed by atoms with Gasteiger partial charge in [0, 0.05) is 38.6 Å². The van der Waals surface area contributed by atoms with Crippen LogP contribution in [0.15, 0.2) is 0 Å². The minimum absolute atomic E-state index is 0.0407. The average Bonchev–Trinajstić information content (AvgIpc) is 2.82. The molecular formula is C15H27N3O2. The number of carbonyl (C=O) groups excluding carboxylic acids is 2. The van der Waals surface area contributed by atoms with Gasteiger partial charge in [0.15, 0.2) is 0 Å². The number of piperidine rings is 1. The molecule has 0 aromatic carbocycles. The summed E-state index contributed by atoms with van der Waals surface area (Å²) in [6.45, 7) is 8.26. The van der Waals surface area contributed by atoms with E-state index in [2.05, 4.69) is 17.1 Å². The second-order valence-corrected chi connectivity index (χ2v) is 6.01. The van der Waals surface area contributed by atoms with Crippen LogP contribution in [-0.4, -0.2) is 60.4 Å². The SMILES string of the molecule is CCN1C[C@@H](C(=O)NCCN2CCCC[C@@H]2C)CC1=O. The normalized spacial score (nSPS) is 27.9. The number of amides is 2. The van der Waals surface area contributed by atoms with E-state index in [1.165, 1.54) is 19.3 Å². The molecule has 0 aliphatic carbocycles. The molecule has 5 nitrogen and oxygen atoms in total. The molecule has 2 atom stereocenters. The molecule has 2 aliphatic heterocycles. The molecule has 0 bridgehead atoms. The lowest BCUT2D eigenvalue weighted by Crippen LogP contribution is -2.43. The van der Waals surface area contributed by atoms with Crippen LogP contribution in [0.25, 0.3) is 0 Å². The summed E-state index contributed by atoms with van der Waals surface area (Å²) >= 11 is 0. The van der Waals surface area contributed by atoms with E-state index in [1.54, 1.807) is 4.90 Å². The molecular weight excluding hydrogens is 254 g/mol. The summed E-state index contributed by atoms with van der Waals surface area (Å²) in [5.74, 6) is -0.00232. The molecule has 0 spiro atoms. The number of rotatable bonds is 5. The van der Waals surface area contributed by atoms with E-state index in [4.69, 9.17) is 0 Å². The maximum atomic E-state index is 12.1. The van der Waals surface area contributed by atoms with Crippen molar-refractivity contribution in [2.75, 3.05) is 32.7 Å². The summed E-state index contributed by atoms with van der Waals surface area (Å²) in [6.07, 6.45) is 4.22. The zero-order valence-electron chi connectivity index (χ0n) is 12.7. The van der Waals surface area contributed by atoms with Gasteiger partial charge in [-0.3, -0.25) is 14.5 Å². The monoisotopic (exact) mass is 281 g/mol. The van der Waals surface area contributed by atoms with Crippen molar-refractivity contribution in [3.05, 3.63) is 0 Å². The number of likely N-dealkylation sites (tertiary alicyclic amines) is 2. The van der Waals surface area contributed by atoms with Gasteiger partial charge < -0.3 is 10.2 Å². The lowest BCUT2D eigenvalue weighted by atomic mass is 10.0. The predicted molar refractivity (Wildman–Crippen MR) is 78.3 cm³/mol. The predicted octanol–water partition coefficient (Wildman–Crippen LogP) is 0.845. The van der Waals surface area contributed by atoms with E-state index in [1.807, 2.05) is 6.92 Å². The average molecular weight is 281 g/mol. The van der Waals surface area contributed by atoms with E-state index in [0.717, 1.165) is 13.1 Å². The lowest BCUT2D eigenvalue weighted by Gasteiger charge is -2.33. The smallest absolute Gasteiger partial charge is 0.225 e. The molecule has 2 heterocycles. The van der Waals surface area contributed by atoms with Gasteiger partial charge in [0.25, 0.3) is 0 Å². The van der Waals surface area contributed by atoms with Gasteiger partial charge in [-0.2, -0.15) is 0 Å². The van der Waals surface area contributed by atoms with Crippen molar-refractivity contribution in [2.45, 2.75) is 45.6 Å². The Bertz CT molecular complexity index is 359. The van der Waals surface area contributed by atoms with E-state index in [9.17, 15) is 9.59 Å². The van der Waals surface area contributed by atoms with E-state index < -0.39 is 0 Å². The zero-order chi connectivity index (χ0) is 14.5. The molecule has 2 rings (SSSR count). The number of carbonyl (C=O) groups is 2. The fraction of sp³-hybridized carbons (Fsp3) is 0.867. The van der Waals surface area contributed by atoms with Crippen LogP contribution >= 0.6 is 0 Å². The summed E-state index contributed by atoms with van der Waals surface area (Å²) in [7, 11) is 0. The Labute approximate surface area is 121 Å². The molecule has 2 saturated heterocycles. The summed E-state index contributed by atoms with van der Waals surface area (Å²) < 4.78 is 0. The topological polar surface area (TPSA) is 52.7 Å². The second kappa shape index (κ2) is 7.07. The number of hydrogen-bond donors (Lipinski definition) is 1. The van der Waals surface area contributed by atoms with Gasteiger partial charge in [-0.15, -0.1) is 0 Å². The first kappa shape index (κ1) is 15.3. The Morgan fingerprint density at radius 2 is 2.20 bits per heavy atom. The molecule has 0 radical (unpaired) electrons. The minimum atomic E-state index is -0.152. The van der Waals surface area contributed by atoms with Crippen LogP contribution in [-0.2, 0) is 9.59 Å². The van der Waals surface area contributed by atoms with Gasteiger partial charge in [0.1, 0.15) is 0 Å². The van der Waals surface area contributed by atoms with E-state index in [-0.39, 0.29) is 17.7 Å². The first-order valence-corrected chi connectivity index (χ1v) is 7.91. The Balaban J connectivity index is 1.69. The lowest BCUT2D eigenvalue weighted by molar-refractivity contribution is -0.128. The van der Waals surface area contributed by atoms with Gasteiger partial charge in [0.05, 0.1) is 5.92 Å². The number of nitrogens with zero attached hydrogens (tertiary/aromatic N) is 2. The second-order valence-electron chi connectivity index (χ2n) is 6.01. The highest BCUT2D eigenvalue weighted by Gasteiger charge is 2.33. The molecule has 2 amide bonds. The molecule has 114 valence electrons. The summed E-state index contributed by atoms with van der Waals surface area (Å²) in [5.41, 5.74) is 0. The maximum absolute atomic E-state index is 12.1. The minimum Gasteiger partial charge on any atom is -0.355 e. The Morgan fingerprint density at radius 3 is 2.85 bits per heavy atom. The maximum Gasteiger partial charge on any atom is 0.225 e. The van der Waals surface area contributed by atoms with Gasteiger partial charge in [0.2, 0.25) is 11.8 Å². The third-order valence-electron chi connectivity index (χ3n) is 4.61. The summed E-state index contributed by atoms with van der Waals surface area (Å²) in [6, 6.07) is 0.629. The number of nitrogens with one attached hydrogen (secondary N) is 1. The number of hydrogen-bond acceptors (Lipinski definition) is 3. The van der Waals surface area contributed by atoms with E-state index >= 15 is 0 Å². The molecule has 0 aromatic heterocycles. The molecule has 2 fully saturated rings. The van der Waals surface area contributed by atoms with Crippen molar-refractivity contribution in [1.82, 2.24) is 15.1 Å². The van der Waals surface area contributed by atoms with Gasteiger partial charge in [-0.25, -0.2) is 0 Å². The molecule has 2 aliphatic rings. The first-order valence-electron chi connectivity index (χ1n) is 7.91. The van der Waals surface area contributed by atoms with Crippen LogP contribution in [0.2, 0.25) is 0 Å². The van der Waals surface area contributed by atoms with Crippen molar-refractivity contribution in [3.8, 4) is 0 Å². The van der Waals surface area contributed by atoms with Gasteiger partial charge >= 0.3 is 0 Å². The quantitative estimate of drug-likeness (QED) is 0.812. The van der Waals surface area contributed by atoms with Crippen molar-refractivity contribution in [1.29, 1.82) is 0 Å². The largest absolute Gasteiger partial charge is 0.355 e. The Kier molecular flexibility index (Phi) is 5.40. The van der Waals surface area contributed by atoms with Crippen molar-refractivity contribution < 1.29 is 9.59 Å². The van der Waals surface area contributed by atoms with Crippen molar-refractivity contribution in [2.24, 2.45) is 5.92 Å². The fourth-order valence-electron chi connectivity index (χ4n) is 3.21. The summed E-state index contributed by atoms with van der Waals surface area (Å²) in [4.78, 5) is 27.9.